The highest BCUT2D eigenvalue weighted by molar-refractivity contribution is 7.88. The highest BCUT2D eigenvalue weighted by Gasteiger charge is 2.26. The zero-order valence-electron chi connectivity index (χ0n) is 13.8. The minimum absolute atomic E-state index is 0.0371. The number of nitrogens with zero attached hydrogens (tertiary/aromatic N) is 2. The summed E-state index contributed by atoms with van der Waals surface area (Å²) < 4.78 is 30.5. The Morgan fingerprint density at radius 3 is 2.45 bits per heavy atom. The summed E-state index contributed by atoms with van der Waals surface area (Å²) in [5, 5.41) is 0. The summed E-state index contributed by atoms with van der Waals surface area (Å²) in [6, 6.07) is 4.04. The van der Waals surface area contributed by atoms with Crippen LogP contribution in [-0.4, -0.2) is 43.2 Å². The largest absolute Gasteiger partial charge is 0.474 e. The molecule has 2 rings (SSSR count). The first-order chi connectivity index (χ1) is 10.3. The lowest BCUT2D eigenvalue weighted by molar-refractivity contribution is 0.130. The summed E-state index contributed by atoms with van der Waals surface area (Å²) in [4.78, 5) is 4.29. The molecule has 0 spiro atoms. The smallest absolute Gasteiger partial charge is 0.213 e. The molecule has 0 aromatic carbocycles. The Labute approximate surface area is 133 Å². The number of sulfonamides is 1. The van der Waals surface area contributed by atoms with Gasteiger partial charge in [0.25, 0.3) is 0 Å². The molecule has 0 aliphatic carbocycles. The number of hydrogen-bond acceptors (Lipinski definition) is 4. The molecule has 0 radical (unpaired) electrons. The van der Waals surface area contributed by atoms with Crippen LogP contribution in [0.5, 0.6) is 5.88 Å². The van der Waals surface area contributed by atoms with E-state index < -0.39 is 10.0 Å². The minimum Gasteiger partial charge on any atom is -0.474 e. The van der Waals surface area contributed by atoms with Crippen molar-refractivity contribution in [2.75, 3.05) is 19.3 Å². The molecule has 5 nitrogen and oxygen atoms in total. The average molecular weight is 326 g/mol. The minimum atomic E-state index is -3.09. The number of pyridine rings is 1. The zero-order chi connectivity index (χ0) is 16.3. The lowest BCUT2D eigenvalue weighted by atomic mass is 9.91. The molecule has 0 bridgehead atoms. The second-order valence-corrected chi connectivity index (χ2v) is 8.42. The van der Waals surface area contributed by atoms with Gasteiger partial charge >= 0.3 is 0 Å². The first-order valence-electron chi connectivity index (χ1n) is 7.85. The average Bonchev–Trinajstić information content (AvgIpc) is 2.46. The molecule has 0 saturated carbocycles. The van der Waals surface area contributed by atoms with Crippen LogP contribution in [0.15, 0.2) is 18.3 Å². The Kier molecular flexibility index (Phi) is 5.45. The summed E-state index contributed by atoms with van der Waals surface area (Å²) in [5.74, 6) is 1.66. The SMILES string of the molecule is CC(C)C(C)c1ccnc(OC2CCN(S(C)(=O)=O)CC2)c1. The summed E-state index contributed by atoms with van der Waals surface area (Å²) in [5.41, 5.74) is 1.23. The first-order valence-corrected chi connectivity index (χ1v) is 9.70. The number of ether oxygens (including phenoxy) is 1. The van der Waals surface area contributed by atoms with E-state index in [4.69, 9.17) is 4.74 Å². The fourth-order valence-corrected chi connectivity index (χ4v) is 3.48. The van der Waals surface area contributed by atoms with E-state index in [1.54, 1.807) is 6.20 Å². The van der Waals surface area contributed by atoms with Crippen LogP contribution in [0.2, 0.25) is 0 Å². The van der Waals surface area contributed by atoms with E-state index in [1.807, 2.05) is 12.1 Å². The van der Waals surface area contributed by atoms with E-state index in [1.165, 1.54) is 16.1 Å². The second kappa shape index (κ2) is 6.96. The predicted octanol–water partition coefficient (Wildman–Crippen LogP) is 2.64. The van der Waals surface area contributed by atoms with Crippen LogP contribution in [0, 0.1) is 5.92 Å². The number of rotatable bonds is 5. The quantitative estimate of drug-likeness (QED) is 0.834. The summed E-state index contributed by atoms with van der Waals surface area (Å²) >= 11 is 0. The molecule has 1 fully saturated rings. The molecular formula is C16H26N2O3S. The van der Waals surface area contributed by atoms with Crippen molar-refractivity contribution in [2.45, 2.75) is 45.6 Å². The van der Waals surface area contributed by atoms with Gasteiger partial charge in [-0.05, 0) is 36.3 Å². The van der Waals surface area contributed by atoms with E-state index in [0.717, 1.165) is 0 Å². The molecule has 1 atom stereocenters. The molecule has 6 heteroatoms. The van der Waals surface area contributed by atoms with Gasteiger partial charge in [-0.1, -0.05) is 20.8 Å². The molecule has 1 aliphatic heterocycles. The molecule has 2 heterocycles. The van der Waals surface area contributed by atoms with Crippen LogP contribution in [0.1, 0.15) is 45.1 Å². The highest BCUT2D eigenvalue weighted by Crippen LogP contribution is 2.26. The van der Waals surface area contributed by atoms with Gasteiger partial charge in [0.1, 0.15) is 6.10 Å². The lowest BCUT2D eigenvalue weighted by Gasteiger charge is -2.30. The van der Waals surface area contributed by atoms with Gasteiger partial charge in [-0.25, -0.2) is 17.7 Å². The maximum atomic E-state index is 11.5. The summed E-state index contributed by atoms with van der Waals surface area (Å²) in [6.07, 6.45) is 4.49. The second-order valence-electron chi connectivity index (χ2n) is 6.44. The molecule has 0 amide bonds. The van der Waals surface area contributed by atoms with Gasteiger partial charge in [-0.3, -0.25) is 0 Å². The fourth-order valence-electron chi connectivity index (χ4n) is 2.61. The molecule has 1 aromatic heterocycles. The monoisotopic (exact) mass is 326 g/mol. The standard InChI is InChI=1S/C16H26N2O3S/c1-12(2)13(3)14-5-8-17-16(11-14)21-15-6-9-18(10-7-15)22(4,19)20/h5,8,11-13,15H,6-7,9-10H2,1-4H3. The Hall–Kier alpha value is -1.14. The topological polar surface area (TPSA) is 59.5 Å². The fraction of sp³-hybridized carbons (Fsp3) is 0.688. The molecule has 1 saturated heterocycles. The highest BCUT2D eigenvalue weighted by atomic mass is 32.2. The van der Waals surface area contributed by atoms with Crippen molar-refractivity contribution in [3.8, 4) is 5.88 Å². The molecule has 1 aliphatic rings. The predicted molar refractivity (Wildman–Crippen MR) is 87.6 cm³/mol. The van der Waals surface area contributed by atoms with Gasteiger partial charge in [-0.2, -0.15) is 0 Å². The Balaban J connectivity index is 1.97. The Morgan fingerprint density at radius 2 is 1.91 bits per heavy atom. The maximum absolute atomic E-state index is 11.5. The van der Waals surface area contributed by atoms with Gasteiger partial charge in [0.15, 0.2) is 0 Å². The molecule has 1 unspecified atom stereocenters. The van der Waals surface area contributed by atoms with Crippen LogP contribution in [0.4, 0.5) is 0 Å². The van der Waals surface area contributed by atoms with Crippen molar-refractivity contribution in [1.82, 2.24) is 9.29 Å². The Bertz CT molecular complexity index is 593. The van der Waals surface area contributed by atoms with Crippen LogP contribution in [-0.2, 0) is 10.0 Å². The third-order valence-electron chi connectivity index (χ3n) is 4.44. The number of aromatic nitrogens is 1. The van der Waals surface area contributed by atoms with E-state index in [2.05, 4.69) is 25.8 Å². The normalized spacial score (nSPS) is 19.3. The molecule has 0 N–H and O–H groups in total. The van der Waals surface area contributed by atoms with Crippen molar-refractivity contribution in [3.05, 3.63) is 23.9 Å². The maximum Gasteiger partial charge on any atom is 0.213 e. The van der Waals surface area contributed by atoms with Crippen molar-refractivity contribution in [3.63, 3.8) is 0 Å². The third kappa shape index (κ3) is 4.43. The molecule has 1 aromatic rings. The van der Waals surface area contributed by atoms with Crippen LogP contribution in [0.25, 0.3) is 0 Å². The number of hydrogen-bond donors (Lipinski definition) is 0. The van der Waals surface area contributed by atoms with Gasteiger partial charge in [-0.15, -0.1) is 0 Å². The van der Waals surface area contributed by atoms with Gasteiger partial charge < -0.3 is 4.74 Å². The molecule has 124 valence electrons. The third-order valence-corrected chi connectivity index (χ3v) is 5.75. The van der Waals surface area contributed by atoms with Gasteiger partial charge in [0.05, 0.1) is 6.26 Å². The zero-order valence-corrected chi connectivity index (χ0v) is 14.6. The van der Waals surface area contributed by atoms with Gasteiger partial charge in [0, 0.05) is 25.4 Å². The van der Waals surface area contributed by atoms with E-state index >= 15 is 0 Å². The summed E-state index contributed by atoms with van der Waals surface area (Å²) in [7, 11) is -3.09. The number of piperidine rings is 1. The first kappa shape index (κ1) is 17.2. The molecule has 22 heavy (non-hydrogen) atoms. The van der Waals surface area contributed by atoms with Crippen molar-refractivity contribution >= 4 is 10.0 Å². The molecular weight excluding hydrogens is 300 g/mol. The van der Waals surface area contributed by atoms with Crippen molar-refractivity contribution < 1.29 is 13.2 Å². The van der Waals surface area contributed by atoms with Crippen LogP contribution >= 0.6 is 0 Å². The van der Waals surface area contributed by atoms with Gasteiger partial charge in [0.2, 0.25) is 15.9 Å². The van der Waals surface area contributed by atoms with Crippen molar-refractivity contribution in [1.29, 1.82) is 0 Å². The van der Waals surface area contributed by atoms with Crippen LogP contribution < -0.4 is 4.74 Å². The summed E-state index contributed by atoms with van der Waals surface area (Å²) in [6.45, 7) is 7.64. The lowest BCUT2D eigenvalue weighted by Crippen LogP contribution is -2.41. The van der Waals surface area contributed by atoms with E-state index in [9.17, 15) is 8.42 Å². The van der Waals surface area contributed by atoms with Crippen molar-refractivity contribution in [2.24, 2.45) is 5.92 Å². The van der Waals surface area contributed by atoms with Crippen LogP contribution in [0.3, 0.4) is 0 Å². The van der Waals surface area contributed by atoms with E-state index in [-0.39, 0.29) is 6.10 Å². The Morgan fingerprint density at radius 1 is 1.27 bits per heavy atom. The van der Waals surface area contributed by atoms with E-state index in [0.29, 0.717) is 43.6 Å².